The highest BCUT2D eigenvalue weighted by Crippen LogP contribution is 2.19. The summed E-state index contributed by atoms with van der Waals surface area (Å²) in [6.45, 7) is 0.346. The van der Waals surface area contributed by atoms with Crippen molar-refractivity contribution in [1.82, 2.24) is 4.90 Å². The zero-order valence-corrected chi connectivity index (χ0v) is 11.4. The fraction of sp³-hybridized carbons (Fsp3) is 0.500. The maximum absolute atomic E-state index is 12.4. The molecule has 1 amide bonds. The quantitative estimate of drug-likeness (QED) is 0.872. The zero-order valence-electron chi connectivity index (χ0n) is 11.4. The van der Waals surface area contributed by atoms with Crippen LogP contribution in [0.5, 0.6) is 0 Å². The third-order valence-corrected chi connectivity index (χ3v) is 3.02. The highest BCUT2D eigenvalue weighted by atomic mass is 19.4. The van der Waals surface area contributed by atoms with E-state index in [2.05, 4.69) is 0 Å². The minimum absolute atomic E-state index is 0.0175. The summed E-state index contributed by atoms with van der Waals surface area (Å²) in [4.78, 5) is 12.9. The second-order valence-corrected chi connectivity index (χ2v) is 4.59. The van der Waals surface area contributed by atoms with E-state index in [0.29, 0.717) is 6.42 Å². The van der Waals surface area contributed by atoms with Crippen LogP contribution in [0.15, 0.2) is 30.3 Å². The summed E-state index contributed by atoms with van der Waals surface area (Å²) in [6, 6.07) is 9.14. The lowest BCUT2D eigenvalue weighted by molar-refractivity contribution is -0.163. The minimum atomic E-state index is -4.39. The molecule has 0 bridgehead atoms. The van der Waals surface area contributed by atoms with E-state index in [1.165, 1.54) is 6.92 Å². The summed E-state index contributed by atoms with van der Waals surface area (Å²) >= 11 is 0. The van der Waals surface area contributed by atoms with E-state index in [1.807, 2.05) is 30.3 Å². The molecule has 20 heavy (non-hydrogen) atoms. The van der Waals surface area contributed by atoms with Crippen molar-refractivity contribution < 1.29 is 18.0 Å². The van der Waals surface area contributed by atoms with Gasteiger partial charge < -0.3 is 10.6 Å². The molecule has 6 heteroatoms. The molecular weight excluding hydrogens is 269 g/mol. The lowest BCUT2D eigenvalue weighted by Gasteiger charge is -2.26. The highest BCUT2D eigenvalue weighted by molar-refractivity contribution is 5.79. The number of benzene rings is 1. The molecule has 0 radical (unpaired) electrons. The Hall–Kier alpha value is -1.56. The van der Waals surface area contributed by atoms with Crippen molar-refractivity contribution in [3.8, 4) is 0 Å². The molecule has 2 N–H and O–H groups in total. The van der Waals surface area contributed by atoms with Gasteiger partial charge in [-0.15, -0.1) is 0 Å². The molecule has 1 aromatic rings. The van der Waals surface area contributed by atoms with Gasteiger partial charge in [-0.1, -0.05) is 30.3 Å². The fourth-order valence-corrected chi connectivity index (χ4v) is 1.99. The van der Waals surface area contributed by atoms with Crippen LogP contribution in [0.25, 0.3) is 0 Å². The van der Waals surface area contributed by atoms with Crippen LogP contribution in [0.4, 0.5) is 13.2 Å². The fourth-order valence-electron chi connectivity index (χ4n) is 1.99. The van der Waals surface area contributed by atoms with Crippen LogP contribution in [0.2, 0.25) is 0 Å². The predicted octanol–water partition coefficient (Wildman–Crippen LogP) is 2.21. The van der Waals surface area contributed by atoms with Gasteiger partial charge in [0.2, 0.25) is 5.91 Å². The number of amides is 1. The number of carbonyl (C=O) groups is 1. The monoisotopic (exact) mass is 288 g/mol. The number of nitrogens with zero attached hydrogens (tertiary/aromatic N) is 1. The van der Waals surface area contributed by atoms with Gasteiger partial charge in [-0.25, -0.2) is 0 Å². The molecule has 1 aromatic carbocycles. The molecule has 0 saturated carbocycles. The smallest absolute Gasteiger partial charge is 0.334 e. The topological polar surface area (TPSA) is 46.3 Å². The van der Waals surface area contributed by atoms with E-state index < -0.39 is 24.5 Å². The summed E-state index contributed by atoms with van der Waals surface area (Å²) in [5.41, 5.74) is 6.44. The van der Waals surface area contributed by atoms with Crippen LogP contribution in [0, 0.1) is 5.92 Å². The number of hydrogen-bond donors (Lipinski definition) is 1. The maximum Gasteiger partial charge on any atom is 0.406 e. The molecule has 0 heterocycles. The molecule has 0 aliphatic heterocycles. The number of hydrogen-bond acceptors (Lipinski definition) is 2. The van der Waals surface area contributed by atoms with Crippen molar-refractivity contribution in [3.05, 3.63) is 35.9 Å². The SMILES string of the molecule is CCN(CC(F)(F)F)C(=O)C(CN)Cc1ccccc1. The van der Waals surface area contributed by atoms with Crippen molar-refractivity contribution in [2.24, 2.45) is 11.7 Å². The van der Waals surface area contributed by atoms with Crippen LogP contribution in [0.3, 0.4) is 0 Å². The van der Waals surface area contributed by atoms with Crippen molar-refractivity contribution in [2.45, 2.75) is 19.5 Å². The molecule has 3 nitrogen and oxygen atoms in total. The Morgan fingerprint density at radius 3 is 2.35 bits per heavy atom. The summed E-state index contributed by atoms with van der Waals surface area (Å²) in [7, 11) is 0. The summed E-state index contributed by atoms with van der Waals surface area (Å²) in [5, 5.41) is 0. The molecule has 1 rings (SSSR count). The Morgan fingerprint density at radius 1 is 1.30 bits per heavy atom. The van der Waals surface area contributed by atoms with Gasteiger partial charge >= 0.3 is 6.18 Å². The first kappa shape index (κ1) is 16.5. The lowest BCUT2D eigenvalue weighted by atomic mass is 9.98. The molecule has 0 saturated heterocycles. The second-order valence-electron chi connectivity index (χ2n) is 4.59. The predicted molar refractivity (Wildman–Crippen MR) is 71.0 cm³/mol. The number of carbonyl (C=O) groups excluding carboxylic acids is 1. The van der Waals surface area contributed by atoms with Crippen molar-refractivity contribution in [3.63, 3.8) is 0 Å². The number of rotatable bonds is 6. The van der Waals surface area contributed by atoms with E-state index in [9.17, 15) is 18.0 Å². The molecule has 112 valence electrons. The van der Waals surface area contributed by atoms with Gasteiger partial charge in [0.25, 0.3) is 0 Å². The Kier molecular flexibility index (Phi) is 6.01. The van der Waals surface area contributed by atoms with Crippen LogP contribution < -0.4 is 5.73 Å². The van der Waals surface area contributed by atoms with Gasteiger partial charge in [-0.3, -0.25) is 4.79 Å². The van der Waals surface area contributed by atoms with E-state index in [4.69, 9.17) is 5.73 Å². The van der Waals surface area contributed by atoms with Gasteiger partial charge in [0.1, 0.15) is 6.54 Å². The van der Waals surface area contributed by atoms with Gasteiger partial charge in [0.15, 0.2) is 0 Å². The molecule has 0 spiro atoms. The second kappa shape index (κ2) is 7.28. The van der Waals surface area contributed by atoms with E-state index in [1.54, 1.807) is 0 Å². The van der Waals surface area contributed by atoms with Crippen molar-refractivity contribution in [2.75, 3.05) is 19.6 Å². The number of nitrogens with two attached hydrogens (primary N) is 1. The summed E-state index contributed by atoms with van der Waals surface area (Å²) in [6.07, 6.45) is -4.04. The first-order valence-electron chi connectivity index (χ1n) is 6.47. The van der Waals surface area contributed by atoms with Crippen LogP contribution in [-0.2, 0) is 11.2 Å². The Balaban J connectivity index is 2.74. The average Bonchev–Trinajstić information content (AvgIpc) is 2.41. The normalized spacial score (nSPS) is 13.1. The highest BCUT2D eigenvalue weighted by Gasteiger charge is 2.34. The average molecular weight is 288 g/mol. The van der Waals surface area contributed by atoms with Crippen molar-refractivity contribution >= 4 is 5.91 Å². The Bertz CT molecular complexity index is 420. The summed E-state index contributed by atoms with van der Waals surface area (Å²) in [5.74, 6) is -1.17. The van der Waals surface area contributed by atoms with Gasteiger partial charge in [-0.05, 0) is 18.9 Å². The molecule has 1 atom stereocenters. The van der Waals surface area contributed by atoms with E-state index >= 15 is 0 Å². The standard InChI is InChI=1S/C14H19F3N2O/c1-2-19(10-14(15,16)17)13(20)12(9-18)8-11-6-4-3-5-7-11/h3-7,12H,2,8-10,18H2,1H3. The molecule has 0 fully saturated rings. The van der Waals surface area contributed by atoms with E-state index in [0.717, 1.165) is 10.5 Å². The minimum Gasteiger partial charge on any atom is -0.334 e. The Morgan fingerprint density at radius 2 is 1.90 bits per heavy atom. The third-order valence-electron chi connectivity index (χ3n) is 3.02. The van der Waals surface area contributed by atoms with Gasteiger partial charge in [-0.2, -0.15) is 13.2 Å². The zero-order chi connectivity index (χ0) is 15.2. The first-order valence-corrected chi connectivity index (χ1v) is 6.47. The van der Waals surface area contributed by atoms with Gasteiger partial charge in [0, 0.05) is 13.1 Å². The van der Waals surface area contributed by atoms with Gasteiger partial charge in [0.05, 0.1) is 5.92 Å². The summed E-state index contributed by atoms with van der Waals surface area (Å²) < 4.78 is 37.3. The van der Waals surface area contributed by atoms with E-state index in [-0.39, 0.29) is 13.1 Å². The molecular formula is C14H19F3N2O. The Labute approximate surface area is 116 Å². The first-order chi connectivity index (χ1) is 9.37. The molecule has 1 unspecified atom stereocenters. The molecule has 0 aromatic heterocycles. The van der Waals surface area contributed by atoms with Crippen molar-refractivity contribution in [1.29, 1.82) is 0 Å². The maximum atomic E-state index is 12.4. The lowest BCUT2D eigenvalue weighted by Crippen LogP contribution is -2.44. The number of alkyl halides is 3. The molecule has 0 aliphatic carbocycles. The largest absolute Gasteiger partial charge is 0.406 e. The van der Waals surface area contributed by atoms with Crippen LogP contribution in [-0.4, -0.2) is 36.6 Å². The molecule has 0 aliphatic rings. The van der Waals surface area contributed by atoms with Crippen LogP contribution in [0.1, 0.15) is 12.5 Å². The number of halogens is 3. The van der Waals surface area contributed by atoms with Crippen LogP contribution >= 0.6 is 0 Å². The third kappa shape index (κ3) is 5.21.